The molecule has 0 aromatic heterocycles. The molecular formula is C26H25F5N4O4. The largest absolute Gasteiger partial charge is 0.493 e. The van der Waals surface area contributed by atoms with Crippen molar-refractivity contribution in [3.63, 3.8) is 0 Å². The third-order valence-electron chi connectivity index (χ3n) is 5.71. The lowest BCUT2D eigenvalue weighted by Gasteiger charge is -2.15. The van der Waals surface area contributed by atoms with Crippen molar-refractivity contribution in [1.29, 1.82) is 0 Å². The molecule has 3 aromatic rings. The van der Waals surface area contributed by atoms with Gasteiger partial charge in [0, 0.05) is 18.5 Å². The maximum Gasteiger partial charge on any atom is 0.255 e. The number of benzene rings is 3. The predicted octanol–water partition coefficient (Wildman–Crippen LogP) is 2.60. The first kappa shape index (κ1) is 29.3. The van der Waals surface area contributed by atoms with E-state index in [2.05, 4.69) is 10.6 Å². The molecule has 0 saturated heterocycles. The summed E-state index contributed by atoms with van der Waals surface area (Å²) in [6.07, 6.45) is -0.122. The lowest BCUT2D eigenvalue weighted by molar-refractivity contribution is -0.122. The van der Waals surface area contributed by atoms with Gasteiger partial charge in [0.15, 0.2) is 23.3 Å². The van der Waals surface area contributed by atoms with E-state index in [9.17, 15) is 36.3 Å². The number of ether oxygens (including phenoxy) is 1. The van der Waals surface area contributed by atoms with E-state index in [0.29, 0.717) is 12.8 Å². The number of nitrogens with two attached hydrogens (primary N) is 2. The van der Waals surface area contributed by atoms with Gasteiger partial charge in [0.1, 0.15) is 5.75 Å². The molecule has 0 aliphatic heterocycles. The summed E-state index contributed by atoms with van der Waals surface area (Å²) >= 11 is 0. The molecule has 8 nitrogen and oxygen atoms in total. The molecule has 208 valence electrons. The zero-order valence-corrected chi connectivity index (χ0v) is 20.5. The summed E-state index contributed by atoms with van der Waals surface area (Å²) in [6.45, 7) is -0.130. The summed E-state index contributed by atoms with van der Waals surface area (Å²) < 4.78 is 73.3. The van der Waals surface area contributed by atoms with Crippen LogP contribution < -0.4 is 26.8 Å². The molecule has 3 aromatic carbocycles. The number of amides is 3. The van der Waals surface area contributed by atoms with Gasteiger partial charge in [-0.3, -0.25) is 14.4 Å². The number of primary amides is 1. The molecule has 0 fully saturated rings. The van der Waals surface area contributed by atoms with Crippen molar-refractivity contribution in [3.8, 4) is 5.75 Å². The normalized spacial score (nSPS) is 11.7. The molecule has 1 atom stereocenters. The van der Waals surface area contributed by atoms with E-state index in [1.165, 1.54) is 0 Å². The fourth-order valence-corrected chi connectivity index (χ4v) is 3.67. The van der Waals surface area contributed by atoms with Crippen molar-refractivity contribution in [3.05, 3.63) is 76.6 Å². The van der Waals surface area contributed by atoms with Gasteiger partial charge < -0.3 is 26.8 Å². The van der Waals surface area contributed by atoms with Crippen molar-refractivity contribution in [1.82, 2.24) is 10.6 Å². The van der Waals surface area contributed by atoms with E-state index in [-0.39, 0.29) is 31.0 Å². The smallest absolute Gasteiger partial charge is 0.255 e. The van der Waals surface area contributed by atoms with Gasteiger partial charge in [-0.15, -0.1) is 0 Å². The van der Waals surface area contributed by atoms with Crippen molar-refractivity contribution >= 4 is 28.5 Å². The molecule has 13 heteroatoms. The summed E-state index contributed by atoms with van der Waals surface area (Å²) in [5.74, 6) is -12.4. The minimum Gasteiger partial charge on any atom is -0.493 e. The molecule has 3 amide bonds. The van der Waals surface area contributed by atoms with E-state index >= 15 is 0 Å². The van der Waals surface area contributed by atoms with Crippen LogP contribution >= 0.6 is 0 Å². The van der Waals surface area contributed by atoms with E-state index in [1.807, 2.05) is 18.2 Å². The fourth-order valence-electron chi connectivity index (χ4n) is 3.67. The van der Waals surface area contributed by atoms with Crippen LogP contribution in [-0.4, -0.2) is 43.5 Å². The third kappa shape index (κ3) is 7.19. The molecule has 0 heterocycles. The Morgan fingerprint density at radius 1 is 0.846 bits per heavy atom. The SMILES string of the molecule is NC(=O)CNC(=O)c1cc2ccccc2cc1OCCCCNC(=O)C(N)Cc1c(F)c(F)c(F)c(F)c1F. The van der Waals surface area contributed by atoms with Crippen molar-refractivity contribution in [2.75, 3.05) is 19.7 Å². The Labute approximate surface area is 219 Å². The first-order valence-corrected chi connectivity index (χ1v) is 11.8. The van der Waals surface area contributed by atoms with Gasteiger partial charge in [-0.2, -0.15) is 0 Å². The average molecular weight is 553 g/mol. The highest BCUT2D eigenvalue weighted by atomic mass is 19.2. The van der Waals surface area contributed by atoms with Gasteiger partial charge >= 0.3 is 0 Å². The van der Waals surface area contributed by atoms with Gasteiger partial charge in [-0.05, 0) is 35.7 Å². The Morgan fingerprint density at radius 3 is 2.05 bits per heavy atom. The second-order valence-electron chi connectivity index (χ2n) is 8.55. The maximum absolute atomic E-state index is 13.8. The first-order chi connectivity index (χ1) is 18.5. The fraction of sp³-hybridized carbons (Fsp3) is 0.269. The second-order valence-corrected chi connectivity index (χ2v) is 8.55. The van der Waals surface area contributed by atoms with Crippen LogP contribution in [0.15, 0.2) is 36.4 Å². The van der Waals surface area contributed by atoms with Gasteiger partial charge in [0.2, 0.25) is 17.6 Å². The first-order valence-electron chi connectivity index (χ1n) is 11.8. The zero-order chi connectivity index (χ0) is 28.7. The van der Waals surface area contributed by atoms with Crippen molar-refractivity contribution in [2.45, 2.75) is 25.3 Å². The molecule has 3 rings (SSSR count). The molecule has 0 aliphatic carbocycles. The summed E-state index contributed by atoms with van der Waals surface area (Å²) in [4.78, 5) is 35.7. The lowest BCUT2D eigenvalue weighted by Crippen LogP contribution is -2.42. The number of unbranched alkanes of at least 4 members (excludes halogenated alkanes) is 1. The van der Waals surface area contributed by atoms with E-state index in [4.69, 9.17) is 16.2 Å². The lowest BCUT2D eigenvalue weighted by atomic mass is 10.0. The number of carbonyl (C=O) groups excluding carboxylic acids is 3. The topological polar surface area (TPSA) is 137 Å². The number of halogens is 5. The van der Waals surface area contributed by atoms with E-state index in [1.54, 1.807) is 18.2 Å². The molecule has 1 unspecified atom stereocenters. The number of fused-ring (bicyclic) bond motifs is 1. The van der Waals surface area contributed by atoms with E-state index in [0.717, 1.165) is 10.8 Å². The Morgan fingerprint density at radius 2 is 1.44 bits per heavy atom. The Kier molecular flexibility index (Phi) is 9.77. The summed E-state index contributed by atoms with van der Waals surface area (Å²) in [5, 5.41) is 6.43. The number of hydrogen-bond donors (Lipinski definition) is 4. The molecule has 0 saturated carbocycles. The predicted molar refractivity (Wildman–Crippen MR) is 131 cm³/mol. The number of carbonyl (C=O) groups is 3. The highest BCUT2D eigenvalue weighted by Crippen LogP contribution is 2.27. The highest BCUT2D eigenvalue weighted by molar-refractivity contribution is 6.02. The number of hydrogen-bond acceptors (Lipinski definition) is 5. The third-order valence-corrected chi connectivity index (χ3v) is 5.71. The van der Waals surface area contributed by atoms with Gasteiger partial charge in [0.25, 0.3) is 5.91 Å². The minimum atomic E-state index is -2.30. The van der Waals surface area contributed by atoms with Crippen LogP contribution in [0.25, 0.3) is 10.8 Å². The summed E-state index contributed by atoms with van der Waals surface area (Å²) in [7, 11) is 0. The van der Waals surface area contributed by atoms with Crippen LogP contribution in [0.5, 0.6) is 5.75 Å². The molecule has 0 aliphatic rings. The maximum atomic E-state index is 13.8. The van der Waals surface area contributed by atoms with Crippen molar-refractivity contribution < 1.29 is 41.1 Å². The molecular weight excluding hydrogens is 527 g/mol. The van der Waals surface area contributed by atoms with Crippen LogP contribution in [-0.2, 0) is 16.0 Å². The number of nitrogens with one attached hydrogen (secondary N) is 2. The minimum absolute atomic E-state index is 0.0800. The zero-order valence-electron chi connectivity index (χ0n) is 20.5. The number of rotatable bonds is 12. The van der Waals surface area contributed by atoms with Crippen LogP contribution in [0.4, 0.5) is 22.0 Å². The Bertz CT molecular complexity index is 1370. The Balaban J connectivity index is 1.52. The molecule has 6 N–H and O–H groups in total. The summed E-state index contributed by atoms with van der Waals surface area (Å²) in [5.41, 5.74) is 9.71. The van der Waals surface area contributed by atoms with Crippen LogP contribution in [0, 0.1) is 29.1 Å². The standard InChI is InChI=1S/C26H25F5N4O4/c27-20-16(21(28)23(30)24(31)22(20)29)11-17(32)26(38)34-7-3-4-8-39-18-10-14-6-2-1-5-13(14)9-15(18)25(37)35-12-19(33)36/h1-2,5-6,9-10,17H,3-4,7-8,11-12,32H2,(H2,33,36)(H,34,38)(H,35,37). The van der Waals surface area contributed by atoms with Crippen molar-refractivity contribution in [2.24, 2.45) is 11.5 Å². The van der Waals surface area contributed by atoms with E-state index < -0.39 is 64.8 Å². The van der Waals surface area contributed by atoms with Crippen LogP contribution in [0.3, 0.4) is 0 Å². The summed E-state index contributed by atoms with van der Waals surface area (Å²) in [6, 6.07) is 8.99. The van der Waals surface area contributed by atoms with Crippen LogP contribution in [0.1, 0.15) is 28.8 Å². The second kappa shape index (κ2) is 13.0. The molecule has 0 radical (unpaired) electrons. The van der Waals surface area contributed by atoms with Gasteiger partial charge in [-0.1, -0.05) is 24.3 Å². The quantitative estimate of drug-likeness (QED) is 0.119. The average Bonchev–Trinajstić information content (AvgIpc) is 2.92. The molecule has 0 bridgehead atoms. The monoisotopic (exact) mass is 552 g/mol. The van der Waals surface area contributed by atoms with Gasteiger partial charge in [-0.25, -0.2) is 22.0 Å². The van der Waals surface area contributed by atoms with Gasteiger partial charge in [0.05, 0.1) is 24.8 Å². The molecule has 39 heavy (non-hydrogen) atoms. The molecule has 0 spiro atoms. The van der Waals surface area contributed by atoms with Crippen LogP contribution in [0.2, 0.25) is 0 Å². The highest BCUT2D eigenvalue weighted by Gasteiger charge is 2.28. The Hall–Kier alpha value is -4.26.